The molecule has 5 nitrogen and oxygen atoms in total. The number of ketones is 1. The van der Waals surface area contributed by atoms with Gasteiger partial charge in [0.2, 0.25) is 5.91 Å². The predicted octanol–water partition coefficient (Wildman–Crippen LogP) is 2.42. The number of amides is 2. The molecule has 0 saturated carbocycles. The Balaban J connectivity index is 1.82. The Labute approximate surface area is 140 Å². The van der Waals surface area contributed by atoms with E-state index in [1.807, 2.05) is 44.2 Å². The normalized spacial score (nSPS) is 15.4. The highest BCUT2D eigenvalue weighted by atomic mass is 16.2. The third-order valence-electron chi connectivity index (χ3n) is 4.06. The van der Waals surface area contributed by atoms with E-state index in [4.69, 9.17) is 0 Å². The molecule has 2 aromatic carbocycles. The topological polar surface area (TPSA) is 75.3 Å². The maximum Gasteiger partial charge on any atom is 0.293 e. The number of anilines is 1. The first-order chi connectivity index (χ1) is 11.4. The Hall–Kier alpha value is -2.95. The lowest BCUT2D eigenvalue weighted by Gasteiger charge is -2.32. The largest absolute Gasteiger partial charge is 0.340 e. The van der Waals surface area contributed by atoms with Crippen LogP contribution in [-0.2, 0) is 21.5 Å². The Morgan fingerprint density at radius 1 is 1.08 bits per heavy atom. The molecule has 0 bridgehead atoms. The van der Waals surface area contributed by atoms with Crippen LogP contribution in [0.5, 0.6) is 0 Å². The van der Waals surface area contributed by atoms with Crippen molar-refractivity contribution in [3.63, 3.8) is 0 Å². The number of Topliss-reactive ketones (excluding diaryl/α,β-unsaturated/α-hetero) is 1. The van der Waals surface area contributed by atoms with Crippen LogP contribution in [0.1, 0.15) is 35.3 Å². The van der Waals surface area contributed by atoms with Crippen LogP contribution in [0.15, 0.2) is 48.5 Å². The molecule has 0 aromatic heterocycles. The first-order valence-electron chi connectivity index (χ1n) is 7.72. The first-order valence-corrected chi connectivity index (χ1v) is 7.72. The standard InChI is InChI=1S/C19H18N2O3/c1-19(2)15-9-8-13(11-14(15)17(23)18(24)21-19)20-16(22)10-12-6-4-3-5-7-12/h3-9,11H,10H2,1-2H3,(H,20,22)(H,21,24). The summed E-state index contributed by atoms with van der Waals surface area (Å²) in [7, 11) is 0. The van der Waals surface area contributed by atoms with Gasteiger partial charge in [0.05, 0.1) is 12.0 Å². The van der Waals surface area contributed by atoms with Crippen LogP contribution in [0.4, 0.5) is 5.69 Å². The molecule has 0 spiro atoms. The number of hydrogen-bond acceptors (Lipinski definition) is 3. The van der Waals surface area contributed by atoms with Gasteiger partial charge in [0, 0.05) is 11.3 Å². The molecule has 0 atom stereocenters. The van der Waals surface area contributed by atoms with Gasteiger partial charge in [-0.1, -0.05) is 36.4 Å². The number of carbonyl (C=O) groups excluding carboxylic acids is 3. The van der Waals surface area contributed by atoms with E-state index >= 15 is 0 Å². The number of benzene rings is 2. The first kappa shape index (κ1) is 15.9. The zero-order valence-electron chi connectivity index (χ0n) is 13.6. The molecule has 0 aliphatic carbocycles. The minimum Gasteiger partial charge on any atom is -0.340 e. The van der Waals surface area contributed by atoms with E-state index in [1.54, 1.807) is 18.2 Å². The van der Waals surface area contributed by atoms with E-state index in [-0.39, 0.29) is 12.3 Å². The summed E-state index contributed by atoms with van der Waals surface area (Å²) >= 11 is 0. The Morgan fingerprint density at radius 2 is 1.79 bits per heavy atom. The second-order valence-corrected chi connectivity index (χ2v) is 6.38. The van der Waals surface area contributed by atoms with Gasteiger partial charge in [0.15, 0.2) is 0 Å². The second-order valence-electron chi connectivity index (χ2n) is 6.38. The summed E-state index contributed by atoms with van der Waals surface area (Å²) in [4.78, 5) is 36.1. The summed E-state index contributed by atoms with van der Waals surface area (Å²) in [5.41, 5.74) is 1.87. The third-order valence-corrected chi connectivity index (χ3v) is 4.06. The number of carbonyl (C=O) groups is 3. The molecule has 1 aliphatic heterocycles. The number of fused-ring (bicyclic) bond motifs is 1. The van der Waals surface area contributed by atoms with Crippen molar-refractivity contribution in [3.8, 4) is 0 Å². The second kappa shape index (κ2) is 5.92. The maximum absolute atomic E-state index is 12.1. The third kappa shape index (κ3) is 3.06. The maximum atomic E-state index is 12.1. The van der Waals surface area contributed by atoms with E-state index < -0.39 is 17.2 Å². The number of hydrogen-bond donors (Lipinski definition) is 2. The minimum absolute atomic E-state index is 0.173. The molecular weight excluding hydrogens is 304 g/mol. The summed E-state index contributed by atoms with van der Waals surface area (Å²) in [6.45, 7) is 3.67. The van der Waals surface area contributed by atoms with Crippen molar-refractivity contribution in [2.24, 2.45) is 0 Å². The minimum atomic E-state index is -0.625. The Morgan fingerprint density at radius 3 is 2.50 bits per heavy atom. The van der Waals surface area contributed by atoms with Gasteiger partial charge in [-0.3, -0.25) is 14.4 Å². The van der Waals surface area contributed by atoms with Gasteiger partial charge >= 0.3 is 0 Å². The van der Waals surface area contributed by atoms with Crippen LogP contribution in [0.25, 0.3) is 0 Å². The lowest BCUT2D eigenvalue weighted by molar-refractivity contribution is -0.119. The molecule has 24 heavy (non-hydrogen) atoms. The van der Waals surface area contributed by atoms with Gasteiger partial charge in [0.1, 0.15) is 0 Å². The zero-order valence-corrected chi connectivity index (χ0v) is 13.6. The van der Waals surface area contributed by atoms with E-state index in [1.165, 1.54) is 0 Å². The quantitative estimate of drug-likeness (QED) is 0.852. The lowest BCUT2D eigenvalue weighted by Crippen LogP contribution is -2.49. The predicted molar refractivity (Wildman–Crippen MR) is 90.7 cm³/mol. The molecule has 5 heteroatoms. The summed E-state index contributed by atoms with van der Waals surface area (Å²) in [5, 5.41) is 5.46. The van der Waals surface area contributed by atoms with Crippen molar-refractivity contribution in [1.82, 2.24) is 5.32 Å². The fourth-order valence-electron chi connectivity index (χ4n) is 2.87. The highest BCUT2D eigenvalue weighted by Gasteiger charge is 2.36. The summed E-state index contributed by atoms with van der Waals surface area (Å²) in [6, 6.07) is 14.5. The monoisotopic (exact) mass is 322 g/mol. The van der Waals surface area contributed by atoms with E-state index in [9.17, 15) is 14.4 Å². The molecular formula is C19H18N2O3. The van der Waals surface area contributed by atoms with Gasteiger partial charge < -0.3 is 10.6 Å². The summed E-state index contributed by atoms with van der Waals surface area (Å²) in [5.74, 6) is -1.38. The van der Waals surface area contributed by atoms with Crippen LogP contribution < -0.4 is 10.6 Å². The molecule has 0 unspecified atom stereocenters. The zero-order chi connectivity index (χ0) is 17.3. The smallest absolute Gasteiger partial charge is 0.293 e. The average molecular weight is 322 g/mol. The highest BCUT2D eigenvalue weighted by Crippen LogP contribution is 2.30. The SMILES string of the molecule is CC1(C)NC(=O)C(=O)c2cc(NC(=O)Cc3ccccc3)ccc21. The molecule has 2 N–H and O–H groups in total. The van der Waals surface area contributed by atoms with Gasteiger partial charge in [0.25, 0.3) is 11.7 Å². The molecule has 122 valence electrons. The van der Waals surface area contributed by atoms with Crippen molar-refractivity contribution >= 4 is 23.3 Å². The van der Waals surface area contributed by atoms with Crippen LogP contribution in [-0.4, -0.2) is 17.6 Å². The molecule has 0 radical (unpaired) electrons. The van der Waals surface area contributed by atoms with Crippen LogP contribution in [0.2, 0.25) is 0 Å². The van der Waals surface area contributed by atoms with Gasteiger partial charge in [-0.25, -0.2) is 0 Å². The summed E-state index contributed by atoms with van der Waals surface area (Å²) in [6.07, 6.45) is 0.248. The molecule has 1 heterocycles. The Kier molecular flexibility index (Phi) is 3.93. The van der Waals surface area contributed by atoms with Crippen LogP contribution in [0, 0.1) is 0 Å². The lowest BCUT2D eigenvalue weighted by atomic mass is 9.84. The number of rotatable bonds is 3. The fraction of sp³-hybridized carbons (Fsp3) is 0.211. The fourth-order valence-corrected chi connectivity index (χ4v) is 2.87. The van der Waals surface area contributed by atoms with E-state index in [0.29, 0.717) is 11.3 Å². The van der Waals surface area contributed by atoms with Crippen molar-refractivity contribution in [2.75, 3.05) is 5.32 Å². The molecule has 0 fully saturated rings. The van der Waals surface area contributed by atoms with Gasteiger partial charge in [-0.2, -0.15) is 0 Å². The van der Waals surface area contributed by atoms with Crippen molar-refractivity contribution in [2.45, 2.75) is 25.8 Å². The van der Waals surface area contributed by atoms with Crippen molar-refractivity contribution < 1.29 is 14.4 Å². The highest BCUT2D eigenvalue weighted by molar-refractivity contribution is 6.44. The molecule has 1 aliphatic rings. The average Bonchev–Trinajstić information content (AvgIpc) is 2.53. The van der Waals surface area contributed by atoms with E-state index in [0.717, 1.165) is 11.1 Å². The molecule has 3 rings (SSSR count). The van der Waals surface area contributed by atoms with Crippen LogP contribution in [0.3, 0.4) is 0 Å². The van der Waals surface area contributed by atoms with Gasteiger partial charge in [-0.05, 0) is 37.1 Å². The number of nitrogens with one attached hydrogen (secondary N) is 2. The van der Waals surface area contributed by atoms with Gasteiger partial charge in [-0.15, -0.1) is 0 Å². The molecule has 2 amide bonds. The van der Waals surface area contributed by atoms with Crippen LogP contribution >= 0.6 is 0 Å². The van der Waals surface area contributed by atoms with E-state index in [2.05, 4.69) is 10.6 Å². The van der Waals surface area contributed by atoms with Crippen molar-refractivity contribution in [3.05, 3.63) is 65.2 Å². The van der Waals surface area contributed by atoms with Crippen molar-refractivity contribution in [1.29, 1.82) is 0 Å². The molecule has 0 saturated heterocycles. The summed E-state index contributed by atoms with van der Waals surface area (Å²) < 4.78 is 0. The Bertz CT molecular complexity index is 826. The molecule has 2 aromatic rings.